The zero-order chi connectivity index (χ0) is 19.1. The first kappa shape index (κ1) is 45.0. The Morgan fingerprint density at radius 1 is 0.724 bits per heavy atom. The Balaban J connectivity index is -0.0000000495. The van der Waals surface area contributed by atoms with E-state index in [4.69, 9.17) is 46.0 Å². The van der Waals surface area contributed by atoms with E-state index < -0.39 is 15.3 Å². The molecule has 29 heavy (non-hydrogen) atoms. The summed E-state index contributed by atoms with van der Waals surface area (Å²) >= 11 is 0. The van der Waals surface area contributed by atoms with Gasteiger partial charge in [-0.1, -0.05) is 0 Å². The topological polar surface area (TPSA) is 383 Å². The van der Waals surface area contributed by atoms with Gasteiger partial charge in [-0.25, -0.2) is 0 Å². The largest absolute Gasteiger partial charge is 3.00 e. The molecule has 2 rings (SSSR count). The summed E-state index contributed by atoms with van der Waals surface area (Å²) in [6.45, 7) is 0. The van der Waals surface area contributed by atoms with Gasteiger partial charge in [-0.15, -0.1) is 10.2 Å². The Kier molecular flexibility index (Phi) is 42.3. The van der Waals surface area contributed by atoms with Gasteiger partial charge in [-0.3, -0.25) is 0 Å². The Hall–Kier alpha value is -2.99. The first-order valence-corrected chi connectivity index (χ1v) is 5.15. The van der Waals surface area contributed by atoms with Gasteiger partial charge in [0.15, 0.2) is 0 Å². The van der Waals surface area contributed by atoms with Crippen molar-refractivity contribution in [3.8, 4) is 0 Å². The van der Waals surface area contributed by atoms with Crippen molar-refractivity contribution in [1.82, 2.24) is 4.90 Å². The molecule has 12 N–H and O–H groups in total. The molecule has 0 saturated heterocycles. The molecule has 2 aliphatic heterocycles. The summed E-state index contributed by atoms with van der Waals surface area (Å²) in [4.78, 5) is 26.7. The molecule has 0 aromatic rings. The third-order valence-electron chi connectivity index (χ3n) is 1.56. The molecule has 21 nitrogen and oxygen atoms in total. The van der Waals surface area contributed by atoms with Crippen molar-refractivity contribution in [2.75, 3.05) is 7.05 Å². The summed E-state index contributed by atoms with van der Waals surface area (Å²) in [5.41, 5.74) is 0.929. The Morgan fingerprint density at radius 3 is 1.21 bits per heavy atom. The second-order valence-electron chi connectivity index (χ2n) is 3.13. The van der Waals surface area contributed by atoms with Crippen molar-refractivity contribution in [2.45, 2.75) is 0 Å². The van der Waals surface area contributed by atoms with E-state index in [1.54, 1.807) is 0 Å². The molecule has 0 atom stereocenters. The number of hydrogen-bond acceptors (Lipinski definition) is 14. The fraction of sp³-hybridized carbons (Fsp3) is 0.143. The molecule has 2 heterocycles. The molecule has 22 heteroatoms. The monoisotopic (exact) mass is 565 g/mol. The van der Waals surface area contributed by atoms with Gasteiger partial charge in [0.05, 0.1) is 15.3 Å². The van der Waals surface area contributed by atoms with Crippen molar-refractivity contribution in [3.63, 3.8) is 0 Å². The minimum atomic E-state index is -1.75. The van der Waals surface area contributed by atoms with E-state index in [1.807, 2.05) is 36.5 Å². The van der Waals surface area contributed by atoms with Gasteiger partial charge in [0, 0.05) is 25.0 Å². The van der Waals surface area contributed by atoms with E-state index in [0.717, 1.165) is 5.57 Å². The molecule has 0 spiro atoms. The van der Waals surface area contributed by atoms with Crippen molar-refractivity contribution in [3.05, 3.63) is 81.9 Å². The van der Waals surface area contributed by atoms with E-state index in [9.17, 15) is 0 Å². The summed E-state index contributed by atoms with van der Waals surface area (Å²) in [6, 6.07) is 0. The van der Waals surface area contributed by atoms with Crippen LogP contribution in [0.25, 0.3) is 0 Å². The van der Waals surface area contributed by atoms with Crippen molar-refractivity contribution in [2.24, 2.45) is 20.7 Å². The average Bonchev–Trinajstić information content (AvgIpc) is 2.91. The molecule has 0 unspecified atom stereocenters. The summed E-state index contributed by atoms with van der Waals surface area (Å²) in [5.74, 6) is 0.565. The Bertz CT molecular complexity index is 535. The molecular weight excluding hydrogens is 548 g/mol. The van der Waals surface area contributed by atoms with Crippen LogP contribution in [0, 0.1) is 86.8 Å². The van der Waals surface area contributed by atoms with Crippen LogP contribution in [0.15, 0.2) is 56.6 Å². The Morgan fingerprint density at radius 2 is 0.966 bits per heavy atom. The van der Waals surface area contributed by atoms with Crippen LogP contribution in [-0.2, 0) is 21.9 Å². The first-order chi connectivity index (χ1) is 11.1. The molecule has 165 valence electrons. The van der Waals surface area contributed by atoms with Crippen LogP contribution in [0.2, 0.25) is 0 Å². The molecule has 0 aliphatic carbocycles. The molecule has 0 aromatic heterocycles. The zero-order valence-corrected chi connectivity index (χ0v) is 17.6. The average molecular weight is 568 g/mol. The quantitative estimate of drug-likeness (QED) is 0.169. The third-order valence-corrected chi connectivity index (χ3v) is 1.56. The van der Waals surface area contributed by atoms with Gasteiger partial charge in [-0.05, 0) is 22.6 Å². The van der Waals surface area contributed by atoms with Crippen LogP contribution >= 0.6 is 0 Å². The normalized spacial score (nSPS) is 10.7. The second-order valence-corrected chi connectivity index (χ2v) is 3.13. The van der Waals surface area contributed by atoms with Crippen molar-refractivity contribution >= 4 is 0 Å². The van der Waals surface area contributed by atoms with E-state index >= 15 is 0 Å². The molecule has 0 amide bonds. The van der Waals surface area contributed by atoms with Gasteiger partial charge in [0.1, 0.15) is 0 Å². The molecule has 0 saturated carbocycles. The molecule has 0 aromatic carbocycles. The van der Waals surface area contributed by atoms with Gasteiger partial charge < -0.3 is 72.8 Å². The maximum Gasteiger partial charge on any atom is 3.00 e. The predicted octanol–water partition coefficient (Wildman–Crippen LogP) is -2.40. The van der Waals surface area contributed by atoms with Gasteiger partial charge in [-0.2, -0.15) is 0 Å². The van der Waals surface area contributed by atoms with Crippen molar-refractivity contribution in [1.29, 1.82) is 0 Å². The standard InChI is InChI=1S/C7H7N5.3NO3.Nd.4H2O/c1-12-4-2-6(3-5-12)7-8-10-11-9-7;3*2-1(3)4;;;;;/h2-5H,1H3;;;;;4*1H2/q;3*-1;+3;;;;/p+4. The minimum absolute atomic E-state index is 0. The van der Waals surface area contributed by atoms with E-state index in [2.05, 4.69) is 20.7 Å². The third kappa shape index (κ3) is 40.8. The molecular formula is C7H19N8NdO13+4. The maximum atomic E-state index is 8.25. The number of rotatable bonds is 0. The van der Waals surface area contributed by atoms with Crippen LogP contribution in [0.3, 0.4) is 0 Å². The number of allylic oxidation sites excluding steroid dienone is 3. The number of hydrogen-bond donors (Lipinski definition) is 0. The van der Waals surface area contributed by atoms with Gasteiger partial charge >= 0.3 is 40.8 Å². The number of nitrogens with zero attached hydrogens (tertiary/aromatic N) is 8. The smallest absolute Gasteiger partial charge is 0.457 e. The van der Waals surface area contributed by atoms with Gasteiger partial charge in [0.2, 0.25) is 5.82 Å². The predicted molar refractivity (Wildman–Crippen MR) is 93.4 cm³/mol. The van der Waals surface area contributed by atoms with E-state index in [1.165, 1.54) is 0 Å². The fourth-order valence-corrected chi connectivity index (χ4v) is 0.910. The minimum Gasteiger partial charge on any atom is -0.457 e. The van der Waals surface area contributed by atoms with Crippen LogP contribution in [-0.4, -0.2) is 27.2 Å². The van der Waals surface area contributed by atoms with Crippen molar-refractivity contribution < 1.29 is 78.0 Å². The Labute approximate surface area is 192 Å². The van der Waals surface area contributed by atoms with Crippen LogP contribution < -0.4 is 0 Å². The zero-order valence-electron chi connectivity index (χ0n) is 14.4. The molecule has 0 fully saturated rings. The van der Waals surface area contributed by atoms with Crippen LogP contribution in [0.5, 0.6) is 0 Å². The molecule has 1 radical (unpaired) electrons. The first-order valence-electron chi connectivity index (χ1n) is 5.15. The molecule has 2 aliphatic rings. The SMILES string of the molecule is CN1C=CC(=C2N=NN=N2)C=C1.O=[N+]([O-])[O-].O=[N+]([O-])[O-].O=[N+]([O-])[O-].[Nd+3].[OH3+].[OH3+].[OH3+].[OH3+]. The summed E-state index contributed by atoms with van der Waals surface area (Å²) < 4.78 is 0. The fourth-order valence-electron chi connectivity index (χ4n) is 0.910. The van der Waals surface area contributed by atoms with Crippen LogP contribution in [0.4, 0.5) is 0 Å². The molecule has 0 bridgehead atoms. The second kappa shape index (κ2) is 27.2. The summed E-state index contributed by atoms with van der Waals surface area (Å²) in [6.07, 6.45) is 7.68. The van der Waals surface area contributed by atoms with E-state index in [0.29, 0.717) is 5.82 Å². The maximum absolute atomic E-state index is 8.25. The van der Waals surface area contributed by atoms with E-state index in [-0.39, 0.29) is 62.7 Å². The van der Waals surface area contributed by atoms with Gasteiger partial charge in [0.25, 0.3) is 0 Å². The summed E-state index contributed by atoms with van der Waals surface area (Å²) in [7, 11) is 1.95. The summed E-state index contributed by atoms with van der Waals surface area (Å²) in [5, 5.41) is 58.5. The van der Waals surface area contributed by atoms with Crippen LogP contribution in [0.1, 0.15) is 0 Å².